The van der Waals surface area contributed by atoms with Crippen LogP contribution in [0.15, 0.2) is 36.5 Å². The van der Waals surface area contributed by atoms with Gasteiger partial charge >= 0.3 is 0 Å². The molecule has 0 fully saturated rings. The number of nitrogens with zero attached hydrogens (tertiary/aromatic N) is 2. The average molecular weight is 256 g/mol. The summed E-state index contributed by atoms with van der Waals surface area (Å²) in [5, 5.41) is 7.86. The van der Waals surface area contributed by atoms with Gasteiger partial charge in [-0.05, 0) is 29.0 Å². The number of hydrogen-bond acceptors (Lipinski definition) is 3. The van der Waals surface area contributed by atoms with Gasteiger partial charge in [0.05, 0.1) is 0 Å². The van der Waals surface area contributed by atoms with E-state index in [0.717, 1.165) is 5.75 Å². The summed E-state index contributed by atoms with van der Waals surface area (Å²) in [5.41, 5.74) is 2.41. The Morgan fingerprint density at radius 1 is 0.895 bits per heavy atom. The van der Waals surface area contributed by atoms with Crippen LogP contribution in [-0.2, 0) is 0 Å². The summed E-state index contributed by atoms with van der Waals surface area (Å²) in [4.78, 5) is 0. The maximum absolute atomic E-state index is 5.99. The van der Waals surface area contributed by atoms with E-state index in [0.29, 0.717) is 17.7 Å². The van der Waals surface area contributed by atoms with E-state index in [1.807, 2.05) is 12.1 Å². The number of aromatic nitrogens is 2. The highest BCUT2D eigenvalue weighted by Gasteiger charge is 2.16. The maximum Gasteiger partial charge on any atom is 0.238 e. The Kier molecular flexibility index (Phi) is 4.15. The Labute approximate surface area is 114 Å². The Morgan fingerprint density at radius 3 is 2.00 bits per heavy atom. The Morgan fingerprint density at radius 2 is 1.53 bits per heavy atom. The Balaban J connectivity index is 2.46. The van der Waals surface area contributed by atoms with E-state index < -0.39 is 0 Å². The van der Waals surface area contributed by atoms with E-state index in [9.17, 15) is 0 Å². The molecule has 0 amide bonds. The van der Waals surface area contributed by atoms with Crippen molar-refractivity contribution in [2.24, 2.45) is 0 Å². The first-order chi connectivity index (χ1) is 9.09. The highest BCUT2D eigenvalue weighted by atomic mass is 16.5. The van der Waals surface area contributed by atoms with Crippen molar-refractivity contribution in [3.8, 4) is 11.6 Å². The lowest BCUT2D eigenvalue weighted by molar-refractivity contribution is 0.439. The van der Waals surface area contributed by atoms with E-state index in [-0.39, 0.29) is 0 Å². The molecule has 2 rings (SSSR count). The molecule has 19 heavy (non-hydrogen) atoms. The minimum atomic E-state index is 0.408. The largest absolute Gasteiger partial charge is 0.437 e. The zero-order valence-electron chi connectivity index (χ0n) is 11.9. The summed E-state index contributed by atoms with van der Waals surface area (Å²) in [7, 11) is 0. The minimum absolute atomic E-state index is 0.408. The lowest BCUT2D eigenvalue weighted by atomic mass is 9.94. The number of benzene rings is 1. The zero-order valence-corrected chi connectivity index (χ0v) is 11.9. The molecule has 0 aliphatic rings. The zero-order chi connectivity index (χ0) is 13.8. The Bertz CT molecular complexity index is 509. The van der Waals surface area contributed by atoms with Crippen molar-refractivity contribution in [2.75, 3.05) is 0 Å². The number of para-hydroxylation sites is 1. The summed E-state index contributed by atoms with van der Waals surface area (Å²) in [6.45, 7) is 8.68. The number of rotatable bonds is 4. The van der Waals surface area contributed by atoms with Crippen LogP contribution in [0.2, 0.25) is 0 Å². The molecule has 0 aliphatic heterocycles. The molecule has 1 aromatic carbocycles. The van der Waals surface area contributed by atoms with E-state index in [1.54, 1.807) is 6.20 Å². The fourth-order valence-electron chi connectivity index (χ4n) is 2.05. The van der Waals surface area contributed by atoms with Gasteiger partial charge in [-0.15, -0.1) is 5.10 Å². The lowest BCUT2D eigenvalue weighted by Crippen LogP contribution is -2.01. The van der Waals surface area contributed by atoms with Crippen molar-refractivity contribution in [2.45, 2.75) is 39.5 Å². The SMILES string of the molecule is CC(C)c1cccc(C(C)C)c1Oc1cccnn1. The van der Waals surface area contributed by atoms with Crippen LogP contribution in [0.25, 0.3) is 0 Å². The highest BCUT2D eigenvalue weighted by molar-refractivity contribution is 5.46. The van der Waals surface area contributed by atoms with Crippen LogP contribution in [0.5, 0.6) is 11.6 Å². The first-order valence-electron chi connectivity index (χ1n) is 6.68. The molecule has 0 N–H and O–H groups in total. The highest BCUT2D eigenvalue weighted by Crippen LogP contribution is 2.36. The van der Waals surface area contributed by atoms with Crippen LogP contribution < -0.4 is 4.74 Å². The van der Waals surface area contributed by atoms with Crippen molar-refractivity contribution in [3.63, 3.8) is 0 Å². The standard InChI is InChI=1S/C16H20N2O/c1-11(2)13-7-5-8-14(12(3)4)16(13)19-15-9-6-10-17-18-15/h5-12H,1-4H3. The fourth-order valence-corrected chi connectivity index (χ4v) is 2.05. The second-order valence-electron chi connectivity index (χ2n) is 5.24. The predicted molar refractivity (Wildman–Crippen MR) is 76.7 cm³/mol. The van der Waals surface area contributed by atoms with E-state index in [2.05, 4.69) is 56.1 Å². The molecular weight excluding hydrogens is 236 g/mol. The average Bonchev–Trinajstić information content (AvgIpc) is 2.39. The van der Waals surface area contributed by atoms with Crippen molar-refractivity contribution in [1.82, 2.24) is 10.2 Å². The summed E-state index contributed by atoms with van der Waals surface area (Å²) in [5.74, 6) is 2.28. The molecular formula is C16H20N2O. The molecule has 0 atom stereocenters. The summed E-state index contributed by atoms with van der Waals surface area (Å²) in [6.07, 6.45) is 1.64. The molecule has 3 heteroatoms. The third-order valence-corrected chi connectivity index (χ3v) is 3.07. The molecule has 0 bridgehead atoms. The summed E-state index contributed by atoms with van der Waals surface area (Å²) >= 11 is 0. The molecule has 2 aromatic rings. The predicted octanol–water partition coefficient (Wildman–Crippen LogP) is 4.52. The molecule has 0 unspecified atom stereocenters. The van der Waals surface area contributed by atoms with E-state index >= 15 is 0 Å². The van der Waals surface area contributed by atoms with Crippen molar-refractivity contribution in [3.05, 3.63) is 47.7 Å². The summed E-state index contributed by atoms with van der Waals surface area (Å²) < 4.78 is 5.99. The molecule has 1 aromatic heterocycles. The van der Waals surface area contributed by atoms with Gasteiger partial charge in [0.25, 0.3) is 0 Å². The van der Waals surface area contributed by atoms with Crippen LogP contribution in [0, 0.1) is 0 Å². The van der Waals surface area contributed by atoms with E-state index in [4.69, 9.17) is 4.74 Å². The molecule has 0 radical (unpaired) electrons. The minimum Gasteiger partial charge on any atom is -0.437 e. The van der Waals surface area contributed by atoms with Gasteiger partial charge in [0.15, 0.2) is 0 Å². The molecule has 0 aliphatic carbocycles. The van der Waals surface area contributed by atoms with Crippen LogP contribution in [0.1, 0.15) is 50.7 Å². The second kappa shape index (κ2) is 5.83. The molecule has 100 valence electrons. The smallest absolute Gasteiger partial charge is 0.238 e. The third-order valence-electron chi connectivity index (χ3n) is 3.07. The second-order valence-corrected chi connectivity index (χ2v) is 5.24. The summed E-state index contributed by atoms with van der Waals surface area (Å²) in [6, 6.07) is 9.97. The number of hydrogen-bond donors (Lipinski definition) is 0. The van der Waals surface area contributed by atoms with Crippen LogP contribution in [0.3, 0.4) is 0 Å². The van der Waals surface area contributed by atoms with Gasteiger partial charge in [-0.3, -0.25) is 0 Å². The first-order valence-corrected chi connectivity index (χ1v) is 6.68. The van der Waals surface area contributed by atoms with Gasteiger partial charge in [0.2, 0.25) is 5.88 Å². The van der Waals surface area contributed by atoms with Crippen LogP contribution >= 0.6 is 0 Å². The van der Waals surface area contributed by atoms with Gasteiger partial charge in [0.1, 0.15) is 5.75 Å². The fraction of sp³-hybridized carbons (Fsp3) is 0.375. The van der Waals surface area contributed by atoms with Gasteiger partial charge in [-0.25, -0.2) is 0 Å². The van der Waals surface area contributed by atoms with Gasteiger partial charge in [0, 0.05) is 12.3 Å². The van der Waals surface area contributed by atoms with E-state index in [1.165, 1.54) is 11.1 Å². The third kappa shape index (κ3) is 3.11. The van der Waals surface area contributed by atoms with Crippen LogP contribution in [-0.4, -0.2) is 10.2 Å². The maximum atomic E-state index is 5.99. The topological polar surface area (TPSA) is 35.0 Å². The molecule has 3 nitrogen and oxygen atoms in total. The monoisotopic (exact) mass is 256 g/mol. The molecule has 0 spiro atoms. The molecule has 0 saturated carbocycles. The van der Waals surface area contributed by atoms with Gasteiger partial charge < -0.3 is 4.74 Å². The number of ether oxygens (including phenoxy) is 1. The van der Waals surface area contributed by atoms with Gasteiger partial charge in [-0.2, -0.15) is 5.10 Å². The normalized spacial score (nSPS) is 11.1. The van der Waals surface area contributed by atoms with Crippen molar-refractivity contribution < 1.29 is 4.74 Å². The quantitative estimate of drug-likeness (QED) is 0.807. The van der Waals surface area contributed by atoms with Crippen LogP contribution in [0.4, 0.5) is 0 Å². The lowest BCUT2D eigenvalue weighted by Gasteiger charge is -2.18. The van der Waals surface area contributed by atoms with Crippen molar-refractivity contribution in [1.29, 1.82) is 0 Å². The van der Waals surface area contributed by atoms with Gasteiger partial charge in [-0.1, -0.05) is 45.9 Å². The molecule has 1 heterocycles. The van der Waals surface area contributed by atoms with Crippen molar-refractivity contribution >= 4 is 0 Å². The molecule has 0 saturated heterocycles. The first kappa shape index (κ1) is 13.5. The Hall–Kier alpha value is -1.90.